The standard InChI is InChI=1S/C28H32O5/c1-21-25(29)26(30)27(18-22-12-6-3-7-13-22,32-20-24-16-10-5-11-17-24)28(31-2,33-21)19-23-14-8-4-9-15-23/h3-17,21,25-26,29-30H,18-20H2,1-2H3/t21-,25+,26+,27-,28?/m1/s1. The molecule has 0 radical (unpaired) electrons. The number of aliphatic hydroxyl groups excluding tert-OH is 2. The smallest absolute Gasteiger partial charge is 0.204 e. The van der Waals surface area contributed by atoms with Gasteiger partial charge in [0.2, 0.25) is 5.79 Å². The minimum atomic E-state index is -1.37. The zero-order valence-electron chi connectivity index (χ0n) is 19.1. The molecule has 174 valence electrons. The van der Waals surface area contributed by atoms with Crippen LogP contribution in [0, 0.1) is 0 Å². The zero-order valence-corrected chi connectivity index (χ0v) is 19.1. The van der Waals surface area contributed by atoms with Crippen LogP contribution in [0.3, 0.4) is 0 Å². The minimum Gasteiger partial charge on any atom is -0.388 e. The van der Waals surface area contributed by atoms with E-state index >= 15 is 0 Å². The van der Waals surface area contributed by atoms with Crippen LogP contribution in [-0.2, 0) is 33.7 Å². The summed E-state index contributed by atoms with van der Waals surface area (Å²) in [5.41, 5.74) is 1.51. The van der Waals surface area contributed by atoms with Crippen LogP contribution in [0.1, 0.15) is 23.6 Å². The molecule has 0 aromatic heterocycles. The van der Waals surface area contributed by atoms with Gasteiger partial charge in [-0.2, -0.15) is 0 Å². The summed E-state index contributed by atoms with van der Waals surface area (Å²) >= 11 is 0. The molecule has 5 nitrogen and oxygen atoms in total. The highest BCUT2D eigenvalue weighted by molar-refractivity contribution is 5.26. The first kappa shape index (κ1) is 23.6. The summed E-state index contributed by atoms with van der Waals surface area (Å²) in [6, 6.07) is 29.4. The van der Waals surface area contributed by atoms with Crippen LogP contribution in [0.5, 0.6) is 0 Å². The van der Waals surface area contributed by atoms with Crippen molar-refractivity contribution in [1.82, 2.24) is 0 Å². The Hall–Kier alpha value is -2.54. The molecule has 3 aromatic carbocycles. The van der Waals surface area contributed by atoms with E-state index in [-0.39, 0.29) is 6.61 Å². The predicted octanol–water partition coefficient (Wildman–Crippen LogP) is 3.91. The Morgan fingerprint density at radius 2 is 1.24 bits per heavy atom. The first-order chi connectivity index (χ1) is 16.0. The van der Waals surface area contributed by atoms with Gasteiger partial charge in [-0.1, -0.05) is 91.0 Å². The van der Waals surface area contributed by atoms with E-state index in [0.29, 0.717) is 12.8 Å². The molecule has 33 heavy (non-hydrogen) atoms. The maximum atomic E-state index is 11.6. The number of methoxy groups -OCH3 is 1. The molecule has 1 aliphatic heterocycles. The van der Waals surface area contributed by atoms with Crippen molar-refractivity contribution in [2.24, 2.45) is 0 Å². The Morgan fingerprint density at radius 1 is 0.758 bits per heavy atom. The Labute approximate surface area is 195 Å². The maximum Gasteiger partial charge on any atom is 0.204 e. The van der Waals surface area contributed by atoms with E-state index in [1.807, 2.05) is 91.0 Å². The monoisotopic (exact) mass is 448 g/mol. The third-order valence-corrected chi connectivity index (χ3v) is 6.56. The van der Waals surface area contributed by atoms with Crippen molar-refractivity contribution in [1.29, 1.82) is 0 Å². The van der Waals surface area contributed by atoms with Gasteiger partial charge in [-0.25, -0.2) is 0 Å². The van der Waals surface area contributed by atoms with Gasteiger partial charge < -0.3 is 24.4 Å². The zero-order chi connectivity index (χ0) is 23.3. The molecule has 0 aliphatic carbocycles. The molecule has 2 N–H and O–H groups in total. The molecule has 1 fully saturated rings. The van der Waals surface area contributed by atoms with Crippen molar-refractivity contribution in [3.8, 4) is 0 Å². The van der Waals surface area contributed by atoms with Gasteiger partial charge in [-0.05, 0) is 23.6 Å². The van der Waals surface area contributed by atoms with Gasteiger partial charge in [0.25, 0.3) is 0 Å². The number of aliphatic hydroxyl groups is 2. The molecule has 1 unspecified atom stereocenters. The molecule has 1 heterocycles. The molecular weight excluding hydrogens is 416 g/mol. The van der Waals surface area contributed by atoms with Crippen molar-refractivity contribution in [2.75, 3.05) is 7.11 Å². The van der Waals surface area contributed by atoms with Crippen LogP contribution in [0.15, 0.2) is 91.0 Å². The minimum absolute atomic E-state index is 0.231. The van der Waals surface area contributed by atoms with Crippen molar-refractivity contribution in [3.05, 3.63) is 108 Å². The lowest BCUT2D eigenvalue weighted by atomic mass is 9.73. The highest BCUT2D eigenvalue weighted by atomic mass is 16.7. The second kappa shape index (κ2) is 10.2. The topological polar surface area (TPSA) is 68.2 Å². The molecule has 5 heteroatoms. The molecule has 1 saturated heterocycles. The van der Waals surface area contributed by atoms with E-state index in [0.717, 1.165) is 16.7 Å². The Morgan fingerprint density at radius 3 is 1.76 bits per heavy atom. The summed E-state index contributed by atoms with van der Waals surface area (Å²) in [5, 5.41) is 22.5. The van der Waals surface area contributed by atoms with Crippen molar-refractivity contribution in [3.63, 3.8) is 0 Å². The first-order valence-corrected chi connectivity index (χ1v) is 11.3. The lowest BCUT2D eigenvalue weighted by Gasteiger charge is -2.57. The van der Waals surface area contributed by atoms with Gasteiger partial charge in [0, 0.05) is 20.0 Å². The third kappa shape index (κ3) is 4.74. The maximum absolute atomic E-state index is 11.6. The average Bonchev–Trinajstić information content (AvgIpc) is 2.86. The third-order valence-electron chi connectivity index (χ3n) is 6.56. The van der Waals surface area contributed by atoms with Crippen LogP contribution < -0.4 is 0 Å². The number of hydrogen-bond donors (Lipinski definition) is 2. The Kier molecular flexibility index (Phi) is 7.27. The number of hydrogen-bond acceptors (Lipinski definition) is 5. The quantitative estimate of drug-likeness (QED) is 0.547. The summed E-state index contributed by atoms with van der Waals surface area (Å²) < 4.78 is 19.2. The van der Waals surface area contributed by atoms with Gasteiger partial charge in [0.1, 0.15) is 12.2 Å². The Bertz CT molecular complexity index is 997. The summed E-state index contributed by atoms with van der Waals surface area (Å²) in [6.45, 7) is 1.98. The Balaban J connectivity index is 1.82. The molecule has 0 spiro atoms. The first-order valence-electron chi connectivity index (χ1n) is 11.3. The van der Waals surface area contributed by atoms with Gasteiger partial charge >= 0.3 is 0 Å². The lowest BCUT2D eigenvalue weighted by Crippen LogP contribution is -2.75. The van der Waals surface area contributed by atoms with Crippen LogP contribution in [-0.4, -0.2) is 47.0 Å². The van der Waals surface area contributed by atoms with Gasteiger partial charge in [-0.15, -0.1) is 0 Å². The predicted molar refractivity (Wildman–Crippen MR) is 127 cm³/mol. The molecule has 0 saturated carbocycles. The van der Waals surface area contributed by atoms with E-state index in [4.69, 9.17) is 14.2 Å². The van der Waals surface area contributed by atoms with Crippen molar-refractivity contribution >= 4 is 0 Å². The van der Waals surface area contributed by atoms with Crippen LogP contribution in [0.25, 0.3) is 0 Å². The van der Waals surface area contributed by atoms with Crippen molar-refractivity contribution in [2.45, 2.75) is 56.1 Å². The highest BCUT2D eigenvalue weighted by Gasteiger charge is 2.65. The molecule has 3 aromatic rings. The van der Waals surface area contributed by atoms with E-state index in [2.05, 4.69) is 0 Å². The largest absolute Gasteiger partial charge is 0.388 e. The van der Waals surface area contributed by atoms with Gasteiger partial charge in [0.05, 0.1) is 12.7 Å². The fourth-order valence-electron chi connectivity index (χ4n) is 4.75. The molecule has 1 aliphatic rings. The fraction of sp³-hybridized carbons (Fsp3) is 0.357. The van der Waals surface area contributed by atoms with Crippen molar-refractivity contribution < 1.29 is 24.4 Å². The van der Waals surface area contributed by atoms with Crippen LogP contribution >= 0.6 is 0 Å². The molecule has 5 atom stereocenters. The van der Waals surface area contributed by atoms with E-state index < -0.39 is 29.7 Å². The summed E-state index contributed by atoms with van der Waals surface area (Å²) in [4.78, 5) is 0. The van der Waals surface area contributed by atoms with Gasteiger partial charge in [0.15, 0.2) is 5.60 Å². The fourth-order valence-corrected chi connectivity index (χ4v) is 4.75. The second-order valence-electron chi connectivity index (χ2n) is 8.70. The SMILES string of the molecule is COC1(Cc2ccccc2)O[C@H](C)[C@H](O)[C@H](O)[C@@]1(Cc1ccccc1)OCc1ccccc1. The van der Waals surface area contributed by atoms with E-state index in [1.165, 1.54) is 0 Å². The summed E-state index contributed by atoms with van der Waals surface area (Å²) in [6.07, 6.45) is -2.38. The van der Waals surface area contributed by atoms with Gasteiger partial charge in [-0.3, -0.25) is 0 Å². The number of ether oxygens (including phenoxy) is 3. The number of rotatable bonds is 8. The second-order valence-corrected chi connectivity index (χ2v) is 8.70. The molecule has 0 bridgehead atoms. The van der Waals surface area contributed by atoms with Crippen LogP contribution in [0.2, 0.25) is 0 Å². The summed E-state index contributed by atoms with van der Waals surface area (Å²) in [7, 11) is 1.58. The highest BCUT2D eigenvalue weighted by Crippen LogP contribution is 2.46. The summed E-state index contributed by atoms with van der Waals surface area (Å²) in [5.74, 6) is -1.34. The average molecular weight is 449 g/mol. The number of benzene rings is 3. The van der Waals surface area contributed by atoms with Crippen LogP contribution in [0.4, 0.5) is 0 Å². The molecule has 0 amide bonds. The molecular formula is C28H32O5. The molecule has 4 rings (SSSR count). The van der Waals surface area contributed by atoms with E-state index in [1.54, 1.807) is 14.0 Å². The lowest BCUT2D eigenvalue weighted by molar-refractivity contribution is -0.401. The normalized spacial score (nSPS) is 29.6. The van der Waals surface area contributed by atoms with E-state index in [9.17, 15) is 10.2 Å².